The summed E-state index contributed by atoms with van der Waals surface area (Å²) in [5.74, 6) is 0.0760. The van der Waals surface area contributed by atoms with E-state index >= 15 is 0 Å². The Hall–Kier alpha value is -2.37. The fourth-order valence-electron chi connectivity index (χ4n) is 1.52. The summed E-state index contributed by atoms with van der Waals surface area (Å²) in [7, 11) is 3.36. The van der Waals surface area contributed by atoms with Crippen molar-refractivity contribution < 1.29 is 9.18 Å². The summed E-state index contributed by atoms with van der Waals surface area (Å²) in [6.45, 7) is 6.52. The average molecular weight is 306 g/mol. The molecule has 0 saturated carbocycles. The SMILES string of the molecule is C=C(C)CNC(=NCc1ccccc1F)NCC(=O)N(C)C. The minimum absolute atomic E-state index is 0.0734. The second-order valence-electron chi connectivity index (χ2n) is 5.21. The molecule has 2 N–H and O–H groups in total. The van der Waals surface area contributed by atoms with E-state index in [0.717, 1.165) is 5.57 Å². The fraction of sp³-hybridized carbons (Fsp3) is 0.375. The van der Waals surface area contributed by atoms with Crippen LogP contribution >= 0.6 is 0 Å². The highest BCUT2D eigenvalue weighted by Gasteiger charge is 2.06. The van der Waals surface area contributed by atoms with Crippen LogP contribution in [-0.2, 0) is 11.3 Å². The largest absolute Gasteiger partial charge is 0.353 e. The number of nitrogens with one attached hydrogen (secondary N) is 2. The molecule has 5 nitrogen and oxygen atoms in total. The van der Waals surface area contributed by atoms with E-state index in [-0.39, 0.29) is 24.8 Å². The van der Waals surface area contributed by atoms with Crippen LogP contribution < -0.4 is 10.6 Å². The number of likely N-dealkylation sites (N-methyl/N-ethyl adjacent to an activating group) is 1. The lowest BCUT2D eigenvalue weighted by atomic mass is 10.2. The zero-order chi connectivity index (χ0) is 16.5. The van der Waals surface area contributed by atoms with Crippen molar-refractivity contribution in [3.05, 3.63) is 47.8 Å². The molecule has 120 valence electrons. The van der Waals surface area contributed by atoms with E-state index in [1.165, 1.54) is 11.0 Å². The van der Waals surface area contributed by atoms with Crippen molar-refractivity contribution in [2.24, 2.45) is 4.99 Å². The monoisotopic (exact) mass is 306 g/mol. The van der Waals surface area contributed by atoms with Crippen molar-refractivity contribution >= 4 is 11.9 Å². The van der Waals surface area contributed by atoms with Gasteiger partial charge in [-0.3, -0.25) is 4.79 Å². The molecule has 0 aliphatic carbocycles. The lowest BCUT2D eigenvalue weighted by molar-refractivity contribution is -0.127. The zero-order valence-electron chi connectivity index (χ0n) is 13.3. The topological polar surface area (TPSA) is 56.7 Å². The molecule has 0 spiro atoms. The number of carbonyl (C=O) groups is 1. The molecule has 0 saturated heterocycles. The first kappa shape index (κ1) is 17.7. The van der Waals surface area contributed by atoms with Crippen molar-refractivity contribution in [2.75, 3.05) is 27.2 Å². The minimum Gasteiger partial charge on any atom is -0.353 e. The Labute approximate surface area is 130 Å². The number of aliphatic imine (C=N–C) groups is 1. The van der Waals surface area contributed by atoms with Crippen molar-refractivity contribution in [3.63, 3.8) is 0 Å². The maximum Gasteiger partial charge on any atom is 0.241 e. The van der Waals surface area contributed by atoms with Crippen LogP contribution in [0.2, 0.25) is 0 Å². The lowest BCUT2D eigenvalue weighted by Gasteiger charge is -2.15. The normalized spacial score (nSPS) is 11.0. The van der Waals surface area contributed by atoms with Gasteiger partial charge in [0, 0.05) is 26.2 Å². The first-order valence-corrected chi connectivity index (χ1v) is 7.00. The third kappa shape index (κ3) is 6.39. The number of hydrogen-bond acceptors (Lipinski definition) is 2. The van der Waals surface area contributed by atoms with E-state index in [1.807, 2.05) is 6.92 Å². The van der Waals surface area contributed by atoms with Crippen LogP contribution in [0.5, 0.6) is 0 Å². The van der Waals surface area contributed by atoms with Gasteiger partial charge in [-0.05, 0) is 13.0 Å². The van der Waals surface area contributed by atoms with Crippen LogP contribution in [-0.4, -0.2) is 44.0 Å². The first-order chi connectivity index (χ1) is 10.4. The standard InChI is InChI=1S/C16H23FN4O/c1-12(2)9-18-16(20-11-15(22)21(3)4)19-10-13-7-5-6-8-14(13)17/h5-8H,1,9-11H2,2-4H3,(H2,18,19,20). The number of benzene rings is 1. The summed E-state index contributed by atoms with van der Waals surface area (Å²) in [6, 6.07) is 6.48. The third-order valence-electron chi connectivity index (χ3n) is 2.83. The summed E-state index contributed by atoms with van der Waals surface area (Å²) in [6.07, 6.45) is 0. The van der Waals surface area contributed by atoms with Crippen LogP contribution in [0, 0.1) is 5.82 Å². The van der Waals surface area contributed by atoms with Crippen LogP contribution in [0.1, 0.15) is 12.5 Å². The van der Waals surface area contributed by atoms with Crippen molar-refractivity contribution in [1.82, 2.24) is 15.5 Å². The predicted octanol–water partition coefficient (Wildman–Crippen LogP) is 1.53. The molecule has 0 aliphatic heterocycles. The molecular weight excluding hydrogens is 283 g/mol. The number of hydrogen-bond donors (Lipinski definition) is 2. The summed E-state index contributed by atoms with van der Waals surface area (Å²) in [4.78, 5) is 17.4. The number of carbonyl (C=O) groups excluding carboxylic acids is 1. The van der Waals surface area contributed by atoms with Crippen molar-refractivity contribution in [2.45, 2.75) is 13.5 Å². The maximum absolute atomic E-state index is 13.6. The quantitative estimate of drug-likeness (QED) is 0.476. The number of rotatable bonds is 6. The highest BCUT2D eigenvalue weighted by molar-refractivity contribution is 5.86. The highest BCUT2D eigenvalue weighted by atomic mass is 19.1. The smallest absolute Gasteiger partial charge is 0.241 e. The van der Waals surface area contributed by atoms with Gasteiger partial charge in [0.05, 0.1) is 13.1 Å². The second kappa shape index (κ2) is 8.81. The Morgan fingerprint density at radius 1 is 1.27 bits per heavy atom. The maximum atomic E-state index is 13.6. The van der Waals surface area contributed by atoms with Gasteiger partial charge in [0.1, 0.15) is 5.82 Å². The summed E-state index contributed by atoms with van der Waals surface area (Å²) in [5.41, 5.74) is 1.43. The first-order valence-electron chi connectivity index (χ1n) is 7.00. The van der Waals surface area contributed by atoms with Gasteiger partial charge in [-0.25, -0.2) is 9.38 Å². The van der Waals surface area contributed by atoms with Gasteiger partial charge in [0.15, 0.2) is 5.96 Å². The molecule has 1 aromatic rings. The number of halogens is 1. The molecule has 0 aliphatic rings. The number of guanidine groups is 1. The van der Waals surface area contributed by atoms with Gasteiger partial charge in [-0.2, -0.15) is 0 Å². The van der Waals surface area contributed by atoms with E-state index in [9.17, 15) is 9.18 Å². The third-order valence-corrected chi connectivity index (χ3v) is 2.83. The van der Waals surface area contributed by atoms with Gasteiger partial charge in [-0.15, -0.1) is 0 Å². The molecular formula is C16H23FN4O. The van der Waals surface area contributed by atoms with Crippen LogP contribution in [0.4, 0.5) is 4.39 Å². The van der Waals surface area contributed by atoms with Crippen LogP contribution in [0.15, 0.2) is 41.4 Å². The molecule has 0 unspecified atom stereocenters. The summed E-state index contributed by atoms with van der Waals surface area (Å²) < 4.78 is 13.6. The Morgan fingerprint density at radius 3 is 2.50 bits per heavy atom. The average Bonchev–Trinajstić information content (AvgIpc) is 2.47. The van der Waals surface area contributed by atoms with Gasteiger partial charge < -0.3 is 15.5 Å². The van der Waals surface area contributed by atoms with E-state index in [4.69, 9.17) is 0 Å². The summed E-state index contributed by atoms with van der Waals surface area (Å²) in [5, 5.41) is 5.98. The predicted molar refractivity (Wildman–Crippen MR) is 87.1 cm³/mol. The molecule has 0 atom stereocenters. The number of nitrogens with zero attached hydrogens (tertiary/aromatic N) is 2. The van der Waals surface area contributed by atoms with Gasteiger partial charge in [0.2, 0.25) is 5.91 Å². The molecule has 0 bridgehead atoms. The molecule has 0 radical (unpaired) electrons. The van der Waals surface area contributed by atoms with E-state index in [1.54, 1.807) is 32.3 Å². The van der Waals surface area contributed by atoms with Crippen molar-refractivity contribution in [1.29, 1.82) is 0 Å². The Morgan fingerprint density at radius 2 is 1.91 bits per heavy atom. The molecule has 22 heavy (non-hydrogen) atoms. The molecule has 0 fully saturated rings. The Balaban J connectivity index is 2.71. The van der Waals surface area contributed by atoms with Gasteiger partial charge in [0.25, 0.3) is 0 Å². The fourth-order valence-corrected chi connectivity index (χ4v) is 1.52. The van der Waals surface area contributed by atoms with E-state index < -0.39 is 0 Å². The van der Waals surface area contributed by atoms with Gasteiger partial charge >= 0.3 is 0 Å². The van der Waals surface area contributed by atoms with E-state index in [0.29, 0.717) is 18.1 Å². The minimum atomic E-state index is -0.296. The molecule has 1 amide bonds. The Kier molecular flexibility index (Phi) is 7.08. The second-order valence-corrected chi connectivity index (χ2v) is 5.21. The molecule has 0 aromatic heterocycles. The van der Waals surface area contributed by atoms with Crippen LogP contribution in [0.3, 0.4) is 0 Å². The van der Waals surface area contributed by atoms with E-state index in [2.05, 4.69) is 22.2 Å². The van der Waals surface area contributed by atoms with Gasteiger partial charge in [-0.1, -0.05) is 30.4 Å². The van der Waals surface area contributed by atoms with Crippen LogP contribution in [0.25, 0.3) is 0 Å². The molecule has 1 rings (SSSR count). The molecule has 6 heteroatoms. The zero-order valence-corrected chi connectivity index (χ0v) is 13.3. The highest BCUT2D eigenvalue weighted by Crippen LogP contribution is 2.07. The molecule has 1 aromatic carbocycles. The van der Waals surface area contributed by atoms with Crippen molar-refractivity contribution in [3.8, 4) is 0 Å². The lowest BCUT2D eigenvalue weighted by Crippen LogP contribution is -2.43. The molecule has 0 heterocycles. The number of amides is 1. The Bertz CT molecular complexity index is 555. The summed E-state index contributed by atoms with van der Waals surface area (Å²) >= 11 is 0.